The van der Waals surface area contributed by atoms with Crippen LogP contribution < -0.4 is 0 Å². The third kappa shape index (κ3) is 2.39. The molecule has 0 atom stereocenters. The maximum absolute atomic E-state index is 8.85. The van der Waals surface area contributed by atoms with E-state index in [1.165, 1.54) is 0 Å². The van der Waals surface area contributed by atoms with Crippen molar-refractivity contribution in [2.24, 2.45) is 0 Å². The van der Waals surface area contributed by atoms with Gasteiger partial charge in [-0.3, -0.25) is 0 Å². The van der Waals surface area contributed by atoms with Gasteiger partial charge in [0.15, 0.2) is 5.82 Å². The van der Waals surface area contributed by atoms with Crippen molar-refractivity contribution >= 4 is 0 Å². The van der Waals surface area contributed by atoms with Crippen LogP contribution in [0.25, 0.3) is 11.4 Å². The van der Waals surface area contributed by atoms with Crippen molar-refractivity contribution in [2.75, 3.05) is 6.61 Å². The quantitative estimate of drug-likeness (QED) is 0.819. The minimum absolute atomic E-state index is 0.166. The molecule has 0 aliphatic carbocycles. The van der Waals surface area contributed by atoms with Crippen molar-refractivity contribution in [2.45, 2.75) is 6.42 Å². The largest absolute Gasteiger partial charge is 0.396 e. The van der Waals surface area contributed by atoms with Gasteiger partial charge in [-0.2, -0.15) is 0 Å². The van der Waals surface area contributed by atoms with Gasteiger partial charge in [-0.25, -0.2) is 9.97 Å². The highest BCUT2D eigenvalue weighted by Gasteiger charge is 2.00. The van der Waals surface area contributed by atoms with E-state index >= 15 is 0 Å². The molecular formula is C12H12N2O. The van der Waals surface area contributed by atoms with Crippen LogP contribution in [0.4, 0.5) is 0 Å². The van der Waals surface area contributed by atoms with Crippen LogP contribution in [-0.2, 0) is 6.42 Å². The van der Waals surface area contributed by atoms with Crippen LogP contribution in [0.1, 0.15) is 5.56 Å². The van der Waals surface area contributed by atoms with Crippen molar-refractivity contribution in [1.82, 2.24) is 9.97 Å². The molecular weight excluding hydrogens is 188 g/mol. The van der Waals surface area contributed by atoms with Crippen LogP contribution in [0.3, 0.4) is 0 Å². The van der Waals surface area contributed by atoms with Crippen molar-refractivity contribution in [1.29, 1.82) is 0 Å². The summed E-state index contributed by atoms with van der Waals surface area (Å²) in [4.78, 5) is 8.35. The number of aliphatic hydroxyl groups excluding tert-OH is 1. The van der Waals surface area contributed by atoms with Crippen molar-refractivity contribution < 1.29 is 5.11 Å². The Labute approximate surface area is 88.5 Å². The first kappa shape index (κ1) is 9.80. The number of aliphatic hydroxyl groups is 1. The number of rotatable bonds is 3. The van der Waals surface area contributed by atoms with E-state index in [1.807, 2.05) is 24.3 Å². The number of benzene rings is 1. The van der Waals surface area contributed by atoms with Crippen LogP contribution >= 0.6 is 0 Å². The smallest absolute Gasteiger partial charge is 0.159 e. The summed E-state index contributed by atoms with van der Waals surface area (Å²) >= 11 is 0. The van der Waals surface area contributed by atoms with Crippen LogP contribution in [-0.4, -0.2) is 21.7 Å². The maximum Gasteiger partial charge on any atom is 0.159 e. The molecule has 0 saturated heterocycles. The molecule has 0 bridgehead atoms. The van der Waals surface area contributed by atoms with E-state index < -0.39 is 0 Å². The fraction of sp³-hybridized carbons (Fsp3) is 0.167. The minimum Gasteiger partial charge on any atom is -0.396 e. The molecule has 15 heavy (non-hydrogen) atoms. The Morgan fingerprint density at radius 3 is 2.60 bits per heavy atom. The monoisotopic (exact) mass is 200 g/mol. The lowest BCUT2D eigenvalue weighted by Crippen LogP contribution is -1.92. The second kappa shape index (κ2) is 4.66. The van der Waals surface area contributed by atoms with Gasteiger partial charge in [0.25, 0.3) is 0 Å². The van der Waals surface area contributed by atoms with Gasteiger partial charge in [0.1, 0.15) is 0 Å². The van der Waals surface area contributed by atoms with Crippen LogP contribution in [0.5, 0.6) is 0 Å². The van der Waals surface area contributed by atoms with Crippen molar-refractivity contribution in [3.8, 4) is 11.4 Å². The summed E-state index contributed by atoms with van der Waals surface area (Å²) in [5, 5.41) is 8.85. The lowest BCUT2D eigenvalue weighted by atomic mass is 10.1. The van der Waals surface area contributed by atoms with E-state index in [-0.39, 0.29) is 6.61 Å². The summed E-state index contributed by atoms with van der Waals surface area (Å²) in [7, 11) is 0. The summed E-state index contributed by atoms with van der Waals surface area (Å²) in [6, 6.07) is 9.71. The van der Waals surface area contributed by atoms with Gasteiger partial charge >= 0.3 is 0 Å². The molecule has 0 saturated carbocycles. The highest BCUT2D eigenvalue weighted by Crippen LogP contribution is 2.15. The number of nitrogens with zero attached hydrogens (tertiary/aromatic N) is 2. The zero-order valence-corrected chi connectivity index (χ0v) is 8.30. The van der Waals surface area contributed by atoms with E-state index in [0.717, 1.165) is 17.0 Å². The first-order valence-corrected chi connectivity index (χ1v) is 4.87. The van der Waals surface area contributed by atoms with Gasteiger partial charge in [0.05, 0.1) is 0 Å². The molecule has 0 spiro atoms. The molecule has 0 amide bonds. The van der Waals surface area contributed by atoms with Crippen LogP contribution in [0, 0.1) is 0 Å². The molecule has 0 unspecified atom stereocenters. The van der Waals surface area contributed by atoms with Gasteiger partial charge < -0.3 is 5.11 Å². The van der Waals surface area contributed by atoms with E-state index in [1.54, 1.807) is 18.5 Å². The number of hydrogen-bond acceptors (Lipinski definition) is 3. The molecule has 1 N–H and O–H groups in total. The highest BCUT2D eigenvalue weighted by molar-refractivity contribution is 5.55. The van der Waals surface area contributed by atoms with E-state index in [9.17, 15) is 0 Å². The summed E-state index contributed by atoms with van der Waals surface area (Å²) in [5.41, 5.74) is 2.09. The Bertz CT molecular complexity index is 429. The lowest BCUT2D eigenvalue weighted by molar-refractivity contribution is 0.299. The molecule has 0 aliphatic heterocycles. The minimum atomic E-state index is 0.166. The SMILES string of the molecule is OCCc1cccc(-c2ncccn2)c1. The van der Waals surface area contributed by atoms with Crippen molar-refractivity contribution in [3.05, 3.63) is 48.3 Å². The fourth-order valence-electron chi connectivity index (χ4n) is 1.44. The van der Waals surface area contributed by atoms with E-state index in [4.69, 9.17) is 5.11 Å². The Hall–Kier alpha value is -1.74. The molecule has 1 heterocycles. The molecule has 0 aliphatic rings. The van der Waals surface area contributed by atoms with Gasteiger partial charge in [-0.1, -0.05) is 18.2 Å². The average Bonchev–Trinajstić information content (AvgIpc) is 2.31. The molecule has 3 heteroatoms. The summed E-state index contributed by atoms with van der Waals surface area (Å²) < 4.78 is 0. The Morgan fingerprint density at radius 2 is 1.87 bits per heavy atom. The van der Waals surface area contributed by atoms with Crippen molar-refractivity contribution in [3.63, 3.8) is 0 Å². The summed E-state index contributed by atoms with van der Waals surface area (Å²) in [6.45, 7) is 0.166. The third-order valence-corrected chi connectivity index (χ3v) is 2.15. The molecule has 2 aromatic rings. The van der Waals surface area contributed by atoms with Crippen LogP contribution in [0.15, 0.2) is 42.7 Å². The van der Waals surface area contributed by atoms with Gasteiger partial charge in [-0.15, -0.1) is 0 Å². The number of aromatic nitrogens is 2. The molecule has 0 fully saturated rings. The molecule has 2 rings (SSSR count). The summed E-state index contributed by atoms with van der Waals surface area (Å²) in [6.07, 6.45) is 4.11. The van der Waals surface area contributed by atoms with Gasteiger partial charge in [0.2, 0.25) is 0 Å². The second-order valence-electron chi connectivity index (χ2n) is 3.25. The lowest BCUT2D eigenvalue weighted by Gasteiger charge is -2.02. The molecule has 0 radical (unpaired) electrons. The Kier molecular flexibility index (Phi) is 3.05. The molecule has 76 valence electrons. The Balaban J connectivity index is 2.33. The summed E-state index contributed by atoms with van der Waals surface area (Å²) in [5.74, 6) is 0.720. The molecule has 3 nitrogen and oxygen atoms in total. The topological polar surface area (TPSA) is 46.0 Å². The third-order valence-electron chi connectivity index (χ3n) is 2.15. The predicted molar refractivity (Wildman–Crippen MR) is 58.3 cm³/mol. The normalized spacial score (nSPS) is 10.2. The first-order valence-electron chi connectivity index (χ1n) is 4.87. The Morgan fingerprint density at radius 1 is 1.07 bits per heavy atom. The molecule has 1 aromatic carbocycles. The second-order valence-corrected chi connectivity index (χ2v) is 3.25. The van der Waals surface area contributed by atoms with Gasteiger partial charge in [-0.05, 0) is 24.1 Å². The zero-order valence-electron chi connectivity index (χ0n) is 8.30. The fourth-order valence-corrected chi connectivity index (χ4v) is 1.44. The highest BCUT2D eigenvalue weighted by atomic mass is 16.2. The van der Waals surface area contributed by atoms with E-state index in [0.29, 0.717) is 6.42 Å². The first-order chi connectivity index (χ1) is 7.40. The predicted octanol–water partition coefficient (Wildman–Crippen LogP) is 1.68. The molecule has 1 aromatic heterocycles. The zero-order chi connectivity index (χ0) is 10.5. The average molecular weight is 200 g/mol. The van der Waals surface area contributed by atoms with E-state index in [2.05, 4.69) is 9.97 Å². The van der Waals surface area contributed by atoms with Gasteiger partial charge in [0, 0.05) is 24.6 Å². The standard InChI is InChI=1S/C12H12N2O/c15-8-5-10-3-1-4-11(9-10)12-13-6-2-7-14-12/h1-4,6-7,9,15H,5,8H2. The maximum atomic E-state index is 8.85. The number of hydrogen-bond donors (Lipinski definition) is 1. The van der Waals surface area contributed by atoms with Crippen LogP contribution in [0.2, 0.25) is 0 Å².